The maximum atomic E-state index is 11.8. The molecule has 36 heavy (non-hydrogen) atoms. The van der Waals surface area contributed by atoms with E-state index in [1.807, 2.05) is 4.98 Å². The van der Waals surface area contributed by atoms with Gasteiger partial charge in [-0.05, 0) is 0 Å². The Hall–Kier alpha value is -1.72. The van der Waals surface area contributed by atoms with Gasteiger partial charge in [0.25, 0.3) is 21.2 Å². The highest BCUT2D eigenvalue weighted by Gasteiger charge is 2.45. The molecule has 1 fully saturated rings. The Morgan fingerprint density at radius 3 is 2.17 bits per heavy atom. The van der Waals surface area contributed by atoms with Gasteiger partial charge in [-0.15, -0.1) is 0 Å². The first-order valence-corrected chi connectivity index (χ1v) is 12.3. The van der Waals surface area contributed by atoms with E-state index in [0.717, 1.165) is 0 Å². The summed E-state index contributed by atoms with van der Waals surface area (Å²) in [7, 11) is -18.3. The van der Waals surface area contributed by atoms with E-state index in [-0.39, 0.29) is 30.2 Å². The molecule has 0 aliphatic carbocycles. The van der Waals surface area contributed by atoms with E-state index >= 15 is 0 Å². The number of aliphatic hydroxyl groups is 2. The molecule has 0 amide bonds. The van der Waals surface area contributed by atoms with Crippen molar-refractivity contribution < 1.29 is 62.7 Å². The summed E-state index contributed by atoms with van der Waals surface area (Å²) in [5.41, 5.74) is -2.80. The van der Waals surface area contributed by atoms with Crippen molar-refractivity contribution in [2.45, 2.75) is 24.5 Å². The van der Waals surface area contributed by atoms with Gasteiger partial charge in [-0.1, -0.05) is 0 Å². The molecule has 0 bridgehead atoms. The molecule has 26 heteroatoms. The first-order valence-electron chi connectivity index (χ1n) is 8.44. The van der Waals surface area contributed by atoms with Gasteiger partial charge in [0.15, 0.2) is 11.7 Å². The lowest BCUT2D eigenvalue weighted by Gasteiger charge is -2.37. The summed E-state index contributed by atoms with van der Waals surface area (Å²) in [5.74, 6) is 0. The van der Waals surface area contributed by atoms with E-state index in [9.17, 15) is 53.1 Å². The summed E-state index contributed by atoms with van der Waals surface area (Å²) < 4.78 is 57.3. The zero-order valence-electron chi connectivity index (χ0n) is 20.0. The largest absolute Gasteiger partial charge is 0.790 e. The molecule has 2 aromatic heterocycles. The Morgan fingerprint density at radius 1 is 1.03 bits per heavy atom. The van der Waals surface area contributed by atoms with E-state index in [4.69, 9.17) is 6.11 Å². The number of fused-ring (bicyclic) bond motifs is 1. The van der Waals surface area contributed by atoms with E-state index < -0.39 is 77.7 Å². The molecule has 3 rings (SSSR count). The van der Waals surface area contributed by atoms with Gasteiger partial charge in [0.05, 0.1) is 20.7 Å². The molecule has 2 unspecified atom stereocenters. The van der Waals surface area contributed by atoms with Crippen LogP contribution in [0.1, 0.15) is 7.60 Å². The van der Waals surface area contributed by atoms with Gasteiger partial charge >= 0.3 is 5.69 Å². The zero-order valence-corrected chi connectivity index (χ0v) is 21.6. The number of quaternary nitrogens is 4. The topological polar surface area (TPSA) is 450 Å². The second-order valence-corrected chi connectivity index (χ2v) is 10.3. The standard InChI is InChI=1S/C10H15N4O15P3.4H3N/c15-5-3(1-26-31(22,23)29-32(24,25)28-30(19,20)21)27-9(6(5)16)14-2-11-4-7(14)12-10(18)13-8(4)17;;;;/h2-3,5-6,9,15-16H,1H2,(H,22,23)(H,24,25)(H2,19,20,21)(H2,12,13,17,18);4*1H3/t3-,5-,6-,9-;;;;/m1..../s1/i2T;;;;. The molecule has 23 nitrogen and oxygen atoms in total. The number of rotatable bonds is 8. The summed E-state index contributed by atoms with van der Waals surface area (Å²) in [6, 6.07) is 0. The van der Waals surface area contributed by atoms with Gasteiger partial charge in [0.1, 0.15) is 25.3 Å². The number of phosphoric ester groups is 1. The number of aromatic nitrogens is 4. The molecule has 20 N–H and O–H groups in total. The lowest BCUT2D eigenvalue weighted by atomic mass is 10.1. The quantitative estimate of drug-likeness (QED) is 0.137. The smallest absolute Gasteiger partial charge is 0.327 e. The lowest BCUT2D eigenvalue weighted by molar-refractivity contribution is -0.339. The monoisotopic (exact) mass is 594 g/mol. The normalized spacial score (nSPS) is 25.2. The highest BCUT2D eigenvalue weighted by molar-refractivity contribution is 7.64. The van der Waals surface area contributed by atoms with Crippen molar-refractivity contribution in [3.05, 3.63) is 27.1 Å². The minimum absolute atomic E-state index is 0. The van der Waals surface area contributed by atoms with Crippen LogP contribution in [0.4, 0.5) is 0 Å². The van der Waals surface area contributed by atoms with Crippen LogP contribution in [0.3, 0.4) is 0 Å². The number of H-pyrrole nitrogens is 2. The van der Waals surface area contributed by atoms with Crippen LogP contribution in [0.15, 0.2) is 15.9 Å². The Labute approximate surface area is 200 Å². The Balaban J connectivity index is 0. The minimum Gasteiger partial charge on any atom is -0.790 e. The van der Waals surface area contributed by atoms with Gasteiger partial charge in [-0.25, -0.2) is 14.1 Å². The second kappa shape index (κ2) is 12.7. The number of phosphoric acid groups is 3. The molecule has 2 aromatic rings. The average molecular weight is 594 g/mol. The number of ether oxygens (including phenoxy) is 1. The maximum Gasteiger partial charge on any atom is 0.327 e. The Morgan fingerprint density at radius 2 is 1.61 bits per heavy atom. The number of nitrogens with zero attached hydrogens (tertiary/aromatic N) is 2. The number of hydrogen-bond acceptors (Lipinski definition) is 16. The third-order valence-corrected chi connectivity index (χ3v) is 7.46. The summed E-state index contributed by atoms with van der Waals surface area (Å²) in [4.78, 5) is 74.3. The van der Waals surface area contributed by atoms with Crippen molar-refractivity contribution in [1.29, 1.82) is 0 Å². The van der Waals surface area contributed by atoms with Crippen molar-refractivity contribution in [3.8, 4) is 0 Å². The van der Waals surface area contributed by atoms with E-state index in [1.54, 1.807) is 0 Å². The first kappa shape index (κ1) is 34.3. The number of nitrogens with one attached hydrogen (secondary N) is 2. The maximum absolute atomic E-state index is 11.8. The van der Waals surface area contributed by atoms with Gasteiger partial charge in [-0.3, -0.25) is 32.8 Å². The summed E-state index contributed by atoms with van der Waals surface area (Å²) in [5, 5.41) is 20.3. The fourth-order valence-electron chi connectivity index (χ4n) is 2.61. The molecule has 3 heterocycles. The number of hydrogen-bond donors (Lipinski definition) is 8. The van der Waals surface area contributed by atoms with Crippen molar-refractivity contribution in [2.75, 3.05) is 6.61 Å². The highest BCUT2D eigenvalue weighted by atomic mass is 31.3. The minimum atomic E-state index is -6.21. The Bertz CT molecular complexity index is 1330. The number of imidazole rings is 1. The Kier molecular flexibility index (Phi) is 12.1. The van der Waals surface area contributed by atoms with Crippen molar-refractivity contribution in [3.63, 3.8) is 0 Å². The molecule has 212 valence electrons. The van der Waals surface area contributed by atoms with E-state index in [2.05, 4.69) is 23.1 Å². The van der Waals surface area contributed by atoms with Gasteiger partial charge in [-0.2, -0.15) is 0 Å². The molecule has 0 spiro atoms. The van der Waals surface area contributed by atoms with Crippen molar-refractivity contribution in [1.82, 2.24) is 44.1 Å². The average Bonchev–Trinajstić information content (AvgIpc) is 3.07. The summed E-state index contributed by atoms with van der Waals surface area (Å²) in [6.45, 7) is -1.22. The third kappa shape index (κ3) is 8.41. The molecule has 6 atom stereocenters. The van der Waals surface area contributed by atoms with Crippen LogP contribution in [0.25, 0.3) is 11.2 Å². The van der Waals surface area contributed by atoms with Crippen LogP contribution in [0.2, 0.25) is 0 Å². The lowest BCUT2D eigenvalue weighted by Crippen LogP contribution is -2.34. The van der Waals surface area contributed by atoms with Crippen LogP contribution < -0.4 is 55.4 Å². The van der Waals surface area contributed by atoms with Crippen LogP contribution in [-0.2, 0) is 31.6 Å². The SMILES string of the molecule is [3H]c1nc2c(=O)[nH]c(=O)[nH]c2n1[C@@H]1O[C@H](COP(=O)([O-])OP(=O)([O-])OP(=O)([O-])[O-])[C@@H](O)[C@H]1O.[NH4+].[NH4+].[NH4+].[NH4+]. The second-order valence-electron chi connectivity index (χ2n) is 6.03. The molecule has 1 saturated heterocycles. The third-order valence-electron chi connectivity index (χ3n) is 3.80. The van der Waals surface area contributed by atoms with E-state index in [0.29, 0.717) is 4.57 Å². The first-order chi connectivity index (χ1) is 15.0. The van der Waals surface area contributed by atoms with Gasteiger partial charge < -0.3 is 68.2 Å². The van der Waals surface area contributed by atoms with Gasteiger partial charge in [0, 0.05) is 0 Å². The number of aliphatic hydroxyl groups excluding tert-OH is 2. The van der Waals surface area contributed by atoms with Crippen LogP contribution in [0.5, 0.6) is 0 Å². The molecule has 0 aromatic carbocycles. The zero-order chi connectivity index (χ0) is 24.9. The highest BCUT2D eigenvalue weighted by Crippen LogP contribution is 2.60. The fraction of sp³-hybridized carbons (Fsp3) is 0.500. The molecular weight excluding hydrogens is 565 g/mol. The van der Waals surface area contributed by atoms with Crippen LogP contribution in [-0.4, -0.2) is 54.7 Å². The summed E-state index contributed by atoms with van der Waals surface area (Å²) >= 11 is 0. The molecule has 1 aliphatic rings. The van der Waals surface area contributed by atoms with Crippen molar-refractivity contribution in [2.24, 2.45) is 0 Å². The van der Waals surface area contributed by atoms with E-state index in [1.165, 1.54) is 0 Å². The molecule has 1 aliphatic heterocycles. The fourth-order valence-corrected chi connectivity index (χ4v) is 5.48. The predicted molar refractivity (Wildman–Crippen MR) is 112 cm³/mol. The van der Waals surface area contributed by atoms with Gasteiger partial charge in [0.2, 0.25) is 0 Å². The van der Waals surface area contributed by atoms with Crippen LogP contribution in [0, 0.1) is 0 Å². The molecule has 0 saturated carbocycles. The molecular formula is C10H27N8O15P3. The molecule has 0 radical (unpaired) electrons. The summed E-state index contributed by atoms with van der Waals surface area (Å²) in [6.07, 6.45) is -8.00. The van der Waals surface area contributed by atoms with Crippen LogP contribution >= 0.6 is 23.5 Å². The number of aromatic amines is 2. The predicted octanol–water partition coefficient (Wildman–Crippen LogP) is -3.65. The van der Waals surface area contributed by atoms with Crippen molar-refractivity contribution >= 4 is 34.6 Å².